The maximum Gasteiger partial charge on any atom is 0.150 e. The first-order chi connectivity index (χ1) is 9.28. The third kappa shape index (κ3) is 3.14. The van der Waals surface area contributed by atoms with Crippen LogP contribution in [0.2, 0.25) is 0 Å². The minimum atomic E-state index is 0.571. The van der Waals surface area contributed by atoms with E-state index in [1.807, 2.05) is 6.07 Å². The van der Waals surface area contributed by atoms with Crippen LogP contribution in [-0.2, 0) is 0 Å². The first-order valence-electron chi connectivity index (χ1n) is 7.02. The molecule has 1 saturated heterocycles. The van der Waals surface area contributed by atoms with Crippen LogP contribution in [0.5, 0.6) is 0 Å². The maximum absolute atomic E-state index is 10.8. The predicted molar refractivity (Wildman–Crippen MR) is 76.4 cm³/mol. The van der Waals surface area contributed by atoms with E-state index >= 15 is 0 Å². The largest absolute Gasteiger partial charge is 0.370 e. The van der Waals surface area contributed by atoms with Gasteiger partial charge in [0.2, 0.25) is 0 Å². The highest BCUT2D eigenvalue weighted by atomic mass is 16.1. The molecule has 1 aliphatic heterocycles. The lowest BCUT2D eigenvalue weighted by atomic mass is 9.98. The quantitative estimate of drug-likeness (QED) is 0.779. The molecule has 19 heavy (non-hydrogen) atoms. The van der Waals surface area contributed by atoms with Gasteiger partial charge >= 0.3 is 0 Å². The number of rotatable bonds is 3. The van der Waals surface area contributed by atoms with E-state index in [1.165, 1.54) is 25.7 Å². The van der Waals surface area contributed by atoms with Crippen molar-refractivity contribution in [2.24, 2.45) is 5.92 Å². The van der Waals surface area contributed by atoms with E-state index < -0.39 is 0 Å². The molecule has 3 heteroatoms. The van der Waals surface area contributed by atoms with Gasteiger partial charge in [-0.25, -0.2) is 0 Å². The van der Waals surface area contributed by atoms with Crippen molar-refractivity contribution in [3.05, 3.63) is 29.3 Å². The highest BCUT2D eigenvalue weighted by Gasteiger charge is 2.18. The monoisotopic (exact) mass is 256 g/mol. The van der Waals surface area contributed by atoms with Gasteiger partial charge in [0.05, 0.1) is 11.3 Å². The molecule has 1 fully saturated rings. The summed E-state index contributed by atoms with van der Waals surface area (Å²) in [5.41, 5.74) is 2.16. The lowest BCUT2D eigenvalue weighted by Crippen LogP contribution is -2.25. The van der Waals surface area contributed by atoms with Crippen LogP contribution >= 0.6 is 0 Å². The van der Waals surface area contributed by atoms with Gasteiger partial charge in [0, 0.05) is 18.7 Å². The van der Waals surface area contributed by atoms with Crippen molar-refractivity contribution in [3.8, 4) is 6.07 Å². The molecule has 100 valence electrons. The molecule has 0 spiro atoms. The number of nitriles is 1. The van der Waals surface area contributed by atoms with Crippen LogP contribution in [0, 0.1) is 17.2 Å². The topological polar surface area (TPSA) is 44.1 Å². The Bertz CT molecular complexity index is 490. The fourth-order valence-electron chi connectivity index (χ4n) is 2.81. The van der Waals surface area contributed by atoms with Crippen LogP contribution in [0.4, 0.5) is 5.69 Å². The number of hydrogen-bond acceptors (Lipinski definition) is 3. The fourth-order valence-corrected chi connectivity index (χ4v) is 2.81. The molecule has 1 heterocycles. The van der Waals surface area contributed by atoms with E-state index in [-0.39, 0.29) is 0 Å². The third-order valence-electron chi connectivity index (χ3n) is 4.04. The molecule has 2 rings (SSSR count). The molecule has 0 aliphatic carbocycles. The van der Waals surface area contributed by atoms with Gasteiger partial charge in [-0.1, -0.05) is 13.3 Å². The van der Waals surface area contributed by atoms with Crippen LogP contribution < -0.4 is 4.90 Å². The number of anilines is 1. The molecule has 0 saturated carbocycles. The second-order valence-electron chi connectivity index (χ2n) is 5.20. The van der Waals surface area contributed by atoms with Crippen molar-refractivity contribution in [1.29, 1.82) is 5.26 Å². The van der Waals surface area contributed by atoms with E-state index in [4.69, 9.17) is 0 Å². The number of nitrogens with zero attached hydrogens (tertiary/aromatic N) is 2. The summed E-state index contributed by atoms with van der Waals surface area (Å²) in [6, 6.07) is 7.61. The maximum atomic E-state index is 10.8. The lowest BCUT2D eigenvalue weighted by molar-refractivity contribution is 0.112. The number of hydrogen-bond donors (Lipinski definition) is 0. The molecule has 0 aromatic heterocycles. The molecular formula is C16H20N2O. The molecule has 1 aromatic carbocycles. The van der Waals surface area contributed by atoms with Gasteiger partial charge in [0.15, 0.2) is 0 Å². The predicted octanol–water partition coefficient (Wildman–Crippen LogP) is 3.39. The van der Waals surface area contributed by atoms with Gasteiger partial charge in [0.25, 0.3) is 0 Å². The Kier molecular flexibility index (Phi) is 4.57. The standard InChI is InChI=1S/C16H20N2O/c1-2-13-4-3-8-18(9-7-13)16-6-5-14(12-19)10-15(16)11-17/h5-6,10,12-13H,2-4,7-9H2,1H3. The summed E-state index contributed by atoms with van der Waals surface area (Å²) in [6.45, 7) is 4.26. The molecule has 1 aromatic rings. The first kappa shape index (κ1) is 13.6. The summed E-state index contributed by atoms with van der Waals surface area (Å²) < 4.78 is 0. The van der Waals surface area contributed by atoms with Gasteiger partial charge in [-0.3, -0.25) is 4.79 Å². The van der Waals surface area contributed by atoms with Gasteiger partial charge in [0.1, 0.15) is 12.4 Å². The van der Waals surface area contributed by atoms with Crippen LogP contribution in [0.1, 0.15) is 48.5 Å². The zero-order valence-corrected chi connectivity index (χ0v) is 11.4. The summed E-state index contributed by atoms with van der Waals surface area (Å²) in [5.74, 6) is 0.810. The molecule has 3 nitrogen and oxygen atoms in total. The van der Waals surface area contributed by atoms with Crippen molar-refractivity contribution in [2.75, 3.05) is 18.0 Å². The second kappa shape index (κ2) is 6.38. The Morgan fingerprint density at radius 2 is 2.26 bits per heavy atom. The third-order valence-corrected chi connectivity index (χ3v) is 4.04. The van der Waals surface area contributed by atoms with Crippen LogP contribution in [0.15, 0.2) is 18.2 Å². The molecule has 1 unspecified atom stereocenters. The van der Waals surface area contributed by atoms with E-state index in [0.29, 0.717) is 11.1 Å². The average Bonchev–Trinajstić information content (AvgIpc) is 2.71. The molecule has 0 N–H and O–H groups in total. The van der Waals surface area contributed by atoms with E-state index in [0.717, 1.165) is 31.0 Å². The van der Waals surface area contributed by atoms with E-state index in [2.05, 4.69) is 17.9 Å². The minimum absolute atomic E-state index is 0.571. The Morgan fingerprint density at radius 1 is 1.42 bits per heavy atom. The second-order valence-corrected chi connectivity index (χ2v) is 5.20. The fraction of sp³-hybridized carbons (Fsp3) is 0.500. The molecule has 0 bridgehead atoms. The van der Waals surface area contributed by atoms with Crippen molar-refractivity contribution in [2.45, 2.75) is 32.6 Å². The number of aldehydes is 1. The summed E-state index contributed by atoms with van der Waals surface area (Å²) >= 11 is 0. The minimum Gasteiger partial charge on any atom is -0.370 e. The molecule has 1 atom stereocenters. The van der Waals surface area contributed by atoms with Gasteiger partial charge in [-0.2, -0.15) is 5.26 Å². The summed E-state index contributed by atoms with van der Waals surface area (Å²) in [6.07, 6.45) is 5.68. The lowest BCUT2D eigenvalue weighted by Gasteiger charge is -2.24. The highest BCUT2D eigenvalue weighted by Crippen LogP contribution is 2.27. The number of benzene rings is 1. The zero-order chi connectivity index (χ0) is 13.7. The van der Waals surface area contributed by atoms with E-state index in [9.17, 15) is 10.1 Å². The smallest absolute Gasteiger partial charge is 0.150 e. The normalized spacial score (nSPS) is 19.6. The van der Waals surface area contributed by atoms with Crippen molar-refractivity contribution in [3.63, 3.8) is 0 Å². The Morgan fingerprint density at radius 3 is 2.95 bits per heavy atom. The van der Waals surface area contributed by atoms with Crippen molar-refractivity contribution < 1.29 is 4.79 Å². The van der Waals surface area contributed by atoms with Crippen molar-refractivity contribution >= 4 is 12.0 Å². The highest BCUT2D eigenvalue weighted by molar-refractivity contribution is 5.78. The Hall–Kier alpha value is -1.82. The van der Waals surface area contributed by atoms with Crippen LogP contribution in [0.3, 0.4) is 0 Å². The van der Waals surface area contributed by atoms with Crippen molar-refractivity contribution in [1.82, 2.24) is 0 Å². The Labute approximate surface area is 114 Å². The Balaban J connectivity index is 2.21. The van der Waals surface area contributed by atoms with Gasteiger partial charge < -0.3 is 4.90 Å². The molecule has 0 radical (unpaired) electrons. The van der Waals surface area contributed by atoms with Gasteiger partial charge in [-0.05, 0) is 43.4 Å². The molecule has 0 amide bonds. The molecule has 1 aliphatic rings. The van der Waals surface area contributed by atoms with E-state index in [1.54, 1.807) is 12.1 Å². The summed E-state index contributed by atoms with van der Waals surface area (Å²) in [7, 11) is 0. The van der Waals surface area contributed by atoms with Gasteiger partial charge in [-0.15, -0.1) is 0 Å². The number of carbonyl (C=O) groups is 1. The SMILES string of the molecule is CCC1CCCN(c2ccc(C=O)cc2C#N)CC1. The average molecular weight is 256 g/mol. The zero-order valence-electron chi connectivity index (χ0n) is 11.4. The van der Waals surface area contributed by atoms with Crippen LogP contribution in [-0.4, -0.2) is 19.4 Å². The van der Waals surface area contributed by atoms with Crippen LogP contribution in [0.25, 0.3) is 0 Å². The number of carbonyl (C=O) groups excluding carboxylic acids is 1. The first-order valence-corrected chi connectivity index (χ1v) is 7.02. The molecular weight excluding hydrogens is 236 g/mol. The summed E-state index contributed by atoms with van der Waals surface area (Å²) in [4.78, 5) is 13.1. The summed E-state index contributed by atoms with van der Waals surface area (Å²) in [5, 5.41) is 9.24.